The molecule has 0 amide bonds. The number of hydrogen-bond donors (Lipinski definition) is 0. The van der Waals surface area contributed by atoms with Gasteiger partial charge >= 0.3 is 0 Å². The molecule has 2 nitrogen and oxygen atoms in total. The quantitative estimate of drug-likeness (QED) is 0.768. The lowest BCUT2D eigenvalue weighted by Gasteiger charge is -2.25. The molecule has 1 aliphatic carbocycles. The Morgan fingerprint density at radius 2 is 1.76 bits per heavy atom. The van der Waals surface area contributed by atoms with Crippen molar-refractivity contribution < 1.29 is 0 Å². The minimum Gasteiger partial charge on any atom is -0.292 e. The molecule has 2 aromatic carbocycles. The van der Waals surface area contributed by atoms with Gasteiger partial charge in [0.15, 0.2) is 0 Å². The van der Waals surface area contributed by atoms with Crippen molar-refractivity contribution in [3.05, 3.63) is 71.3 Å². The standard InChI is InChI=1S/C19H20N2/c1-21-19(15-9-3-2-4-10-15)17-13-7-11-14-8-5-6-12-16(14)18(17)20-21/h2-6,8-10,12,17,19H,7,11,13H2,1H3/t17-,19+/m0/s1. The van der Waals surface area contributed by atoms with Crippen LogP contribution in [0.15, 0.2) is 59.7 Å². The molecule has 0 N–H and O–H groups in total. The van der Waals surface area contributed by atoms with Gasteiger partial charge in [-0.1, -0.05) is 54.6 Å². The molecule has 0 aromatic heterocycles. The molecule has 0 spiro atoms. The molecule has 106 valence electrons. The van der Waals surface area contributed by atoms with Crippen molar-refractivity contribution in [2.75, 3.05) is 7.05 Å². The fraction of sp³-hybridized carbons (Fsp3) is 0.316. The van der Waals surface area contributed by atoms with Crippen LogP contribution in [0.1, 0.15) is 35.6 Å². The van der Waals surface area contributed by atoms with Gasteiger partial charge in [-0.3, -0.25) is 5.01 Å². The third kappa shape index (κ3) is 2.06. The summed E-state index contributed by atoms with van der Waals surface area (Å²) in [6.07, 6.45) is 3.65. The Balaban J connectivity index is 1.79. The van der Waals surface area contributed by atoms with E-state index >= 15 is 0 Å². The van der Waals surface area contributed by atoms with Gasteiger partial charge in [0, 0.05) is 18.5 Å². The summed E-state index contributed by atoms with van der Waals surface area (Å²) >= 11 is 0. The second kappa shape index (κ2) is 5.03. The van der Waals surface area contributed by atoms with E-state index in [1.165, 1.54) is 41.7 Å². The average Bonchev–Trinajstić information content (AvgIpc) is 2.74. The van der Waals surface area contributed by atoms with E-state index in [0.717, 1.165) is 0 Å². The fourth-order valence-electron chi connectivity index (χ4n) is 3.86. The largest absolute Gasteiger partial charge is 0.292 e. The highest BCUT2D eigenvalue weighted by Crippen LogP contribution is 2.41. The predicted molar refractivity (Wildman–Crippen MR) is 86.4 cm³/mol. The van der Waals surface area contributed by atoms with E-state index in [1.54, 1.807) is 0 Å². The van der Waals surface area contributed by atoms with Crippen LogP contribution in [0.5, 0.6) is 0 Å². The van der Waals surface area contributed by atoms with E-state index in [1.807, 2.05) is 0 Å². The van der Waals surface area contributed by atoms with E-state index in [2.05, 4.69) is 66.7 Å². The van der Waals surface area contributed by atoms with Crippen LogP contribution in [0.25, 0.3) is 0 Å². The first-order valence-electron chi connectivity index (χ1n) is 7.79. The molecule has 0 fully saturated rings. The van der Waals surface area contributed by atoms with Crippen LogP contribution in [-0.2, 0) is 6.42 Å². The van der Waals surface area contributed by atoms with Crippen molar-refractivity contribution in [3.8, 4) is 0 Å². The SMILES string of the molecule is CN1N=C2c3ccccc3CCC[C@@H]2[C@H]1c1ccccc1. The smallest absolute Gasteiger partial charge is 0.0801 e. The maximum Gasteiger partial charge on any atom is 0.0801 e. The van der Waals surface area contributed by atoms with Crippen molar-refractivity contribution >= 4 is 5.71 Å². The summed E-state index contributed by atoms with van der Waals surface area (Å²) in [4.78, 5) is 0. The van der Waals surface area contributed by atoms with Crippen LogP contribution < -0.4 is 0 Å². The maximum atomic E-state index is 4.92. The first kappa shape index (κ1) is 12.6. The zero-order valence-corrected chi connectivity index (χ0v) is 12.4. The third-order valence-corrected chi connectivity index (χ3v) is 4.80. The molecule has 2 heteroatoms. The first-order chi connectivity index (χ1) is 10.3. The lowest BCUT2D eigenvalue weighted by Crippen LogP contribution is -2.23. The second-order valence-corrected chi connectivity index (χ2v) is 6.07. The highest BCUT2D eigenvalue weighted by Gasteiger charge is 2.38. The Bertz CT molecular complexity index is 675. The molecular weight excluding hydrogens is 256 g/mol. The van der Waals surface area contributed by atoms with Crippen molar-refractivity contribution in [2.24, 2.45) is 11.0 Å². The molecule has 0 saturated carbocycles. The Hall–Kier alpha value is -2.09. The van der Waals surface area contributed by atoms with Crippen LogP contribution >= 0.6 is 0 Å². The number of nitrogens with zero attached hydrogens (tertiary/aromatic N) is 2. The van der Waals surface area contributed by atoms with Crippen LogP contribution in [0.3, 0.4) is 0 Å². The van der Waals surface area contributed by atoms with Crippen molar-refractivity contribution in [3.63, 3.8) is 0 Å². The normalized spacial score (nSPS) is 24.0. The highest BCUT2D eigenvalue weighted by atomic mass is 15.5. The molecule has 2 atom stereocenters. The maximum absolute atomic E-state index is 4.92. The van der Waals surface area contributed by atoms with E-state index in [0.29, 0.717) is 12.0 Å². The van der Waals surface area contributed by atoms with E-state index in [9.17, 15) is 0 Å². The Labute approximate surface area is 126 Å². The van der Waals surface area contributed by atoms with Gasteiger partial charge < -0.3 is 0 Å². The molecule has 1 aliphatic heterocycles. The summed E-state index contributed by atoms with van der Waals surface area (Å²) < 4.78 is 0. The second-order valence-electron chi connectivity index (χ2n) is 6.07. The summed E-state index contributed by atoms with van der Waals surface area (Å²) in [5, 5.41) is 7.08. The number of hydrogen-bond acceptors (Lipinski definition) is 2. The molecule has 2 aliphatic rings. The Morgan fingerprint density at radius 3 is 2.62 bits per heavy atom. The predicted octanol–water partition coefficient (Wildman–Crippen LogP) is 4.03. The van der Waals surface area contributed by atoms with Crippen molar-refractivity contribution in [2.45, 2.75) is 25.3 Å². The summed E-state index contributed by atoms with van der Waals surface area (Å²) in [5.74, 6) is 0.515. The molecule has 1 heterocycles. The molecular formula is C19H20N2. The molecule has 0 radical (unpaired) electrons. The van der Waals surface area contributed by atoms with Gasteiger partial charge in [-0.05, 0) is 30.4 Å². The molecule has 4 rings (SSSR count). The van der Waals surface area contributed by atoms with Crippen LogP contribution in [-0.4, -0.2) is 17.8 Å². The Morgan fingerprint density at radius 1 is 1.00 bits per heavy atom. The van der Waals surface area contributed by atoms with Gasteiger partial charge in [0.1, 0.15) is 0 Å². The highest BCUT2D eigenvalue weighted by molar-refractivity contribution is 6.05. The van der Waals surface area contributed by atoms with E-state index in [4.69, 9.17) is 5.10 Å². The molecule has 0 bridgehead atoms. The van der Waals surface area contributed by atoms with Crippen LogP contribution in [0.2, 0.25) is 0 Å². The van der Waals surface area contributed by atoms with Gasteiger partial charge in [0.05, 0.1) is 11.8 Å². The molecule has 21 heavy (non-hydrogen) atoms. The van der Waals surface area contributed by atoms with Gasteiger partial charge in [-0.25, -0.2) is 0 Å². The summed E-state index contributed by atoms with van der Waals surface area (Å²) in [6.45, 7) is 0. The first-order valence-corrected chi connectivity index (χ1v) is 7.79. The number of fused-ring (bicyclic) bond motifs is 3. The van der Waals surface area contributed by atoms with E-state index in [-0.39, 0.29) is 0 Å². The molecule has 0 unspecified atom stereocenters. The van der Waals surface area contributed by atoms with Crippen LogP contribution in [0, 0.1) is 5.92 Å². The number of hydrazone groups is 1. The van der Waals surface area contributed by atoms with Gasteiger partial charge in [0.2, 0.25) is 0 Å². The zero-order valence-electron chi connectivity index (χ0n) is 12.4. The van der Waals surface area contributed by atoms with Gasteiger partial charge in [-0.15, -0.1) is 0 Å². The van der Waals surface area contributed by atoms with Crippen molar-refractivity contribution in [1.29, 1.82) is 0 Å². The Kier molecular flexibility index (Phi) is 3.03. The number of aryl methyl sites for hydroxylation is 1. The van der Waals surface area contributed by atoms with Crippen molar-refractivity contribution in [1.82, 2.24) is 5.01 Å². The minimum absolute atomic E-state index is 0.382. The summed E-state index contributed by atoms with van der Waals surface area (Å²) in [5.41, 5.74) is 5.49. The number of benzene rings is 2. The monoisotopic (exact) mass is 276 g/mol. The minimum atomic E-state index is 0.382. The zero-order chi connectivity index (χ0) is 14.2. The fourth-order valence-corrected chi connectivity index (χ4v) is 3.86. The summed E-state index contributed by atoms with van der Waals surface area (Å²) in [7, 11) is 2.11. The van der Waals surface area contributed by atoms with E-state index < -0.39 is 0 Å². The lowest BCUT2D eigenvalue weighted by molar-refractivity contribution is 0.243. The molecule has 2 aromatic rings. The average molecular weight is 276 g/mol. The van der Waals surface area contributed by atoms with Gasteiger partial charge in [0.25, 0.3) is 0 Å². The lowest BCUT2D eigenvalue weighted by atomic mass is 9.85. The summed E-state index contributed by atoms with van der Waals surface area (Å²) in [6, 6.07) is 20.0. The third-order valence-electron chi connectivity index (χ3n) is 4.80. The molecule has 0 saturated heterocycles. The topological polar surface area (TPSA) is 15.6 Å². The van der Waals surface area contributed by atoms with Crippen LogP contribution in [0.4, 0.5) is 0 Å². The van der Waals surface area contributed by atoms with Gasteiger partial charge in [-0.2, -0.15) is 5.10 Å². The number of rotatable bonds is 1.